The van der Waals surface area contributed by atoms with E-state index in [0.29, 0.717) is 17.3 Å². The van der Waals surface area contributed by atoms with Crippen LogP contribution in [0.4, 0.5) is 4.79 Å². The highest BCUT2D eigenvalue weighted by molar-refractivity contribution is 6.32. The molecule has 0 bridgehead atoms. The summed E-state index contributed by atoms with van der Waals surface area (Å²) in [4.78, 5) is 26.4. The fourth-order valence-corrected chi connectivity index (χ4v) is 2.54. The van der Waals surface area contributed by atoms with Crippen molar-refractivity contribution >= 4 is 17.6 Å². The fourth-order valence-electron chi connectivity index (χ4n) is 2.24. The maximum absolute atomic E-state index is 12.5. The lowest BCUT2D eigenvalue weighted by atomic mass is 10.2. The van der Waals surface area contributed by atoms with Gasteiger partial charge in [-0.05, 0) is 49.8 Å². The second-order valence-corrected chi connectivity index (χ2v) is 5.56. The Hall–Kier alpha value is -2.15. The van der Waals surface area contributed by atoms with Gasteiger partial charge in [0.1, 0.15) is 0 Å². The Labute approximate surface area is 133 Å². The normalized spacial score (nSPS) is 11.0. The van der Waals surface area contributed by atoms with Crippen LogP contribution in [-0.2, 0) is 0 Å². The largest absolute Gasteiger partial charge is 0.377 e. The number of hydrogen-bond donors (Lipinski definition) is 0. The van der Waals surface area contributed by atoms with Gasteiger partial charge >= 0.3 is 11.7 Å². The lowest BCUT2D eigenvalue weighted by molar-refractivity contribution is 0.184. The Morgan fingerprint density at radius 2 is 2.05 bits per heavy atom. The van der Waals surface area contributed by atoms with Crippen LogP contribution >= 0.6 is 11.6 Å². The first-order chi connectivity index (χ1) is 10.4. The number of amides is 1. The zero-order valence-corrected chi connectivity index (χ0v) is 13.7. The molecule has 0 atom stereocenters. The van der Waals surface area contributed by atoms with E-state index in [-0.39, 0.29) is 6.04 Å². The number of aryl methyl sites for hydroxylation is 1. The maximum atomic E-state index is 12.5. The van der Waals surface area contributed by atoms with Crippen molar-refractivity contribution in [2.24, 2.45) is 0 Å². The van der Waals surface area contributed by atoms with Crippen LogP contribution in [0.15, 0.2) is 23.0 Å². The molecule has 0 unspecified atom stereocenters. The van der Waals surface area contributed by atoms with Crippen LogP contribution in [0.5, 0.6) is 0 Å². The topological polar surface area (TPSA) is 73.0 Å². The van der Waals surface area contributed by atoms with Crippen molar-refractivity contribution in [2.75, 3.05) is 6.54 Å². The number of nitrogens with zero attached hydrogens (tertiary/aromatic N) is 5. The Kier molecular flexibility index (Phi) is 4.65. The average Bonchev–Trinajstić information content (AvgIpc) is 2.81. The summed E-state index contributed by atoms with van der Waals surface area (Å²) in [5.74, 6) is 0. The first kappa shape index (κ1) is 16.2. The van der Waals surface area contributed by atoms with Crippen molar-refractivity contribution in [3.05, 3.63) is 39.3 Å². The molecule has 0 aliphatic heterocycles. The summed E-state index contributed by atoms with van der Waals surface area (Å²) in [7, 11) is 0. The molecular weight excluding hydrogens is 306 g/mol. The number of rotatable bonds is 3. The fraction of sp³-hybridized carbons (Fsp3) is 0.429. The van der Waals surface area contributed by atoms with E-state index in [2.05, 4.69) is 10.4 Å². The molecule has 0 radical (unpaired) electrons. The van der Waals surface area contributed by atoms with Gasteiger partial charge in [0, 0.05) is 12.6 Å². The first-order valence-electron chi connectivity index (χ1n) is 7.00. The van der Waals surface area contributed by atoms with Crippen molar-refractivity contribution < 1.29 is 4.79 Å². The van der Waals surface area contributed by atoms with Crippen LogP contribution in [0.1, 0.15) is 26.3 Å². The Morgan fingerprint density at radius 1 is 1.36 bits per heavy atom. The monoisotopic (exact) mass is 323 g/mol. The highest BCUT2D eigenvalue weighted by Gasteiger charge is 2.23. The molecule has 1 aromatic heterocycles. The summed E-state index contributed by atoms with van der Waals surface area (Å²) in [6.07, 6.45) is 0. The van der Waals surface area contributed by atoms with Crippen molar-refractivity contribution in [1.82, 2.24) is 24.7 Å². The lowest BCUT2D eigenvalue weighted by Gasteiger charge is -2.23. The first-order valence-corrected chi connectivity index (χ1v) is 7.37. The van der Waals surface area contributed by atoms with Crippen molar-refractivity contribution in [1.29, 1.82) is 0 Å². The van der Waals surface area contributed by atoms with Crippen LogP contribution in [0.3, 0.4) is 0 Å². The van der Waals surface area contributed by atoms with Gasteiger partial charge in [-0.1, -0.05) is 23.7 Å². The van der Waals surface area contributed by atoms with E-state index in [1.54, 1.807) is 25.1 Å². The molecule has 0 spiro atoms. The van der Waals surface area contributed by atoms with E-state index < -0.39 is 11.7 Å². The summed E-state index contributed by atoms with van der Waals surface area (Å²) < 4.78 is 1.80. The SMILES string of the molecule is CCN(C(=O)n1nnn(-c2c(C)cccc2Cl)c1=O)C(C)C. The smallest absolute Gasteiger partial charge is 0.321 e. The van der Waals surface area contributed by atoms with Crippen LogP contribution in [0.2, 0.25) is 5.02 Å². The summed E-state index contributed by atoms with van der Waals surface area (Å²) in [5, 5.41) is 7.86. The average molecular weight is 324 g/mol. The van der Waals surface area contributed by atoms with E-state index in [1.807, 2.05) is 20.8 Å². The Morgan fingerprint density at radius 3 is 2.59 bits per heavy atom. The number of tetrazole rings is 1. The van der Waals surface area contributed by atoms with Gasteiger partial charge in [-0.2, -0.15) is 4.68 Å². The van der Waals surface area contributed by atoms with Crippen LogP contribution < -0.4 is 5.69 Å². The standard InChI is InChI=1S/C14H18ClN5O2/c1-5-18(9(2)3)13(21)20-14(22)19(16-17-20)12-10(4)7-6-8-11(12)15/h6-9H,5H2,1-4H3. The van der Waals surface area contributed by atoms with Gasteiger partial charge in [0.05, 0.1) is 10.7 Å². The summed E-state index contributed by atoms with van der Waals surface area (Å²) in [5.41, 5.74) is 0.561. The van der Waals surface area contributed by atoms with Gasteiger partial charge in [-0.25, -0.2) is 9.59 Å². The number of aromatic nitrogens is 4. The lowest BCUT2D eigenvalue weighted by Crippen LogP contribution is -2.44. The van der Waals surface area contributed by atoms with E-state index in [1.165, 1.54) is 4.90 Å². The molecule has 0 N–H and O–H groups in total. The van der Waals surface area contributed by atoms with Crippen molar-refractivity contribution in [3.63, 3.8) is 0 Å². The van der Waals surface area contributed by atoms with Gasteiger partial charge < -0.3 is 4.90 Å². The summed E-state index contributed by atoms with van der Waals surface area (Å²) >= 11 is 6.13. The molecule has 2 rings (SSSR count). The van der Waals surface area contributed by atoms with Gasteiger partial charge in [-0.15, -0.1) is 4.68 Å². The number of carbonyl (C=O) groups excluding carboxylic acids is 1. The van der Waals surface area contributed by atoms with E-state index in [4.69, 9.17) is 11.6 Å². The second-order valence-electron chi connectivity index (χ2n) is 5.15. The molecule has 1 aromatic carbocycles. The molecule has 0 saturated carbocycles. The number of carbonyl (C=O) groups is 1. The number of para-hydroxylation sites is 1. The predicted octanol–water partition coefficient (Wildman–Crippen LogP) is 2.09. The zero-order chi connectivity index (χ0) is 16.4. The van der Waals surface area contributed by atoms with Crippen molar-refractivity contribution in [3.8, 4) is 5.69 Å². The highest BCUT2D eigenvalue weighted by Crippen LogP contribution is 2.21. The van der Waals surface area contributed by atoms with Crippen LogP contribution in [-0.4, -0.2) is 43.3 Å². The summed E-state index contributed by atoms with van der Waals surface area (Å²) in [6, 6.07) is 4.69. The third-order valence-electron chi connectivity index (χ3n) is 3.37. The molecule has 0 saturated heterocycles. The number of benzene rings is 1. The molecule has 0 aliphatic rings. The predicted molar refractivity (Wildman–Crippen MR) is 83.7 cm³/mol. The van der Waals surface area contributed by atoms with Gasteiger partial charge in [0.25, 0.3) is 0 Å². The van der Waals surface area contributed by atoms with Crippen LogP contribution in [0.25, 0.3) is 5.69 Å². The molecule has 1 amide bonds. The van der Waals surface area contributed by atoms with Gasteiger partial charge in [-0.3, -0.25) is 0 Å². The molecule has 0 aliphatic carbocycles. The van der Waals surface area contributed by atoms with E-state index in [9.17, 15) is 9.59 Å². The summed E-state index contributed by atoms with van der Waals surface area (Å²) in [6.45, 7) is 7.86. The minimum Gasteiger partial charge on any atom is -0.321 e. The zero-order valence-electron chi connectivity index (χ0n) is 12.9. The minimum atomic E-state index is -0.639. The third kappa shape index (κ3) is 2.76. The number of halogens is 1. The molecule has 2 aromatic rings. The van der Waals surface area contributed by atoms with Crippen molar-refractivity contribution in [2.45, 2.75) is 33.7 Å². The molecule has 8 heteroatoms. The van der Waals surface area contributed by atoms with Crippen LogP contribution in [0, 0.1) is 6.92 Å². The van der Waals surface area contributed by atoms with E-state index in [0.717, 1.165) is 14.9 Å². The molecule has 0 fully saturated rings. The Balaban J connectivity index is 2.51. The number of hydrogen-bond acceptors (Lipinski definition) is 4. The molecular formula is C14H18ClN5O2. The van der Waals surface area contributed by atoms with Gasteiger partial charge in [0.15, 0.2) is 0 Å². The van der Waals surface area contributed by atoms with Gasteiger partial charge in [0.2, 0.25) is 0 Å². The molecule has 1 heterocycles. The second kappa shape index (κ2) is 6.31. The molecule has 22 heavy (non-hydrogen) atoms. The third-order valence-corrected chi connectivity index (χ3v) is 3.68. The maximum Gasteiger partial charge on any atom is 0.377 e. The molecule has 118 valence electrons. The Bertz CT molecular complexity index is 730. The molecule has 7 nitrogen and oxygen atoms in total. The quantitative estimate of drug-likeness (QED) is 0.811. The minimum absolute atomic E-state index is 0.0448. The van der Waals surface area contributed by atoms with E-state index >= 15 is 0 Å². The highest BCUT2D eigenvalue weighted by atomic mass is 35.5.